The lowest BCUT2D eigenvalue weighted by Gasteiger charge is -1.95. The lowest BCUT2D eigenvalue weighted by atomic mass is 10.2. The molecule has 0 aliphatic carbocycles. The van der Waals surface area contributed by atoms with Gasteiger partial charge >= 0.3 is 0 Å². The molecule has 1 aliphatic rings. The van der Waals surface area contributed by atoms with Crippen molar-refractivity contribution < 1.29 is 0 Å². The summed E-state index contributed by atoms with van der Waals surface area (Å²) in [6, 6.07) is 10.1. The van der Waals surface area contributed by atoms with Crippen LogP contribution in [0.1, 0.15) is 5.56 Å². The SMILES string of the molecule is C1=CC=C(N=NCc2ccccc2)SC=C1. The van der Waals surface area contributed by atoms with Gasteiger partial charge in [0.25, 0.3) is 0 Å². The Labute approximate surface area is 99.5 Å². The Kier molecular flexibility index (Phi) is 4.14. The Morgan fingerprint density at radius 1 is 1.00 bits per heavy atom. The number of nitrogens with zero attached hydrogens (tertiary/aromatic N) is 2. The first-order valence-corrected chi connectivity index (χ1v) is 5.95. The summed E-state index contributed by atoms with van der Waals surface area (Å²) in [5.74, 6) is 0. The Balaban J connectivity index is 1.93. The van der Waals surface area contributed by atoms with E-state index in [2.05, 4.69) is 10.2 Å². The van der Waals surface area contributed by atoms with Gasteiger partial charge in [0.05, 0.1) is 6.54 Å². The summed E-state index contributed by atoms with van der Waals surface area (Å²) in [6.07, 6.45) is 7.89. The summed E-state index contributed by atoms with van der Waals surface area (Å²) >= 11 is 1.58. The zero-order valence-electron chi connectivity index (χ0n) is 8.78. The van der Waals surface area contributed by atoms with Gasteiger partial charge in [0.1, 0.15) is 5.03 Å². The summed E-state index contributed by atoms with van der Waals surface area (Å²) in [5.41, 5.74) is 1.18. The molecule has 0 saturated carbocycles. The van der Waals surface area contributed by atoms with Gasteiger partial charge in [-0.25, -0.2) is 0 Å². The first-order chi connectivity index (χ1) is 7.95. The molecule has 2 nitrogen and oxygen atoms in total. The van der Waals surface area contributed by atoms with Gasteiger partial charge in [0.2, 0.25) is 0 Å². The molecule has 0 N–H and O–H groups in total. The highest BCUT2D eigenvalue weighted by molar-refractivity contribution is 8.05. The first-order valence-electron chi connectivity index (χ1n) is 5.07. The molecule has 0 fully saturated rings. The second-order valence-electron chi connectivity index (χ2n) is 3.22. The van der Waals surface area contributed by atoms with Crippen LogP contribution in [0.3, 0.4) is 0 Å². The minimum atomic E-state index is 0.631. The molecule has 1 aliphatic heterocycles. The normalized spacial score (nSPS) is 15.1. The van der Waals surface area contributed by atoms with Crippen LogP contribution in [0, 0.1) is 0 Å². The van der Waals surface area contributed by atoms with Crippen LogP contribution in [-0.4, -0.2) is 0 Å². The van der Waals surface area contributed by atoms with E-state index in [1.165, 1.54) is 5.56 Å². The zero-order valence-corrected chi connectivity index (χ0v) is 9.60. The maximum Gasteiger partial charge on any atom is 0.122 e. The molecule has 80 valence electrons. The van der Waals surface area contributed by atoms with Crippen LogP contribution in [0.25, 0.3) is 0 Å². The Hall–Kier alpha value is -1.61. The molecule has 0 unspecified atom stereocenters. The van der Waals surface area contributed by atoms with E-state index in [0.29, 0.717) is 6.54 Å². The Morgan fingerprint density at radius 3 is 2.75 bits per heavy atom. The van der Waals surface area contributed by atoms with Crippen molar-refractivity contribution in [3.05, 3.63) is 70.6 Å². The number of hydrogen-bond donors (Lipinski definition) is 0. The first kappa shape index (κ1) is 10.9. The lowest BCUT2D eigenvalue weighted by molar-refractivity contribution is 0.951. The third kappa shape index (κ3) is 3.51. The van der Waals surface area contributed by atoms with Crippen LogP contribution < -0.4 is 0 Å². The molecule has 0 bridgehead atoms. The predicted octanol–water partition coefficient (Wildman–Crippen LogP) is 4.30. The summed E-state index contributed by atoms with van der Waals surface area (Å²) in [6.45, 7) is 0.631. The predicted molar refractivity (Wildman–Crippen MR) is 69.0 cm³/mol. The molecule has 1 heterocycles. The Bertz CT molecular complexity index is 444. The van der Waals surface area contributed by atoms with Crippen LogP contribution in [0.5, 0.6) is 0 Å². The van der Waals surface area contributed by atoms with Crippen LogP contribution in [0.2, 0.25) is 0 Å². The molecule has 0 spiro atoms. The number of benzene rings is 1. The average Bonchev–Trinajstić information content (AvgIpc) is 2.59. The van der Waals surface area contributed by atoms with E-state index in [0.717, 1.165) is 5.03 Å². The molecular weight excluding hydrogens is 216 g/mol. The highest BCUT2D eigenvalue weighted by atomic mass is 32.2. The molecule has 0 saturated heterocycles. The van der Waals surface area contributed by atoms with Crippen molar-refractivity contribution in [3.63, 3.8) is 0 Å². The molecule has 1 aromatic carbocycles. The lowest BCUT2D eigenvalue weighted by Crippen LogP contribution is -1.78. The largest absolute Gasteiger partial charge is 0.183 e. The van der Waals surface area contributed by atoms with Crippen molar-refractivity contribution in [2.24, 2.45) is 10.2 Å². The standard InChI is InChI=1S/C13H12N2S/c1-3-7-12(8-4-1)11-14-15-13-9-5-2-6-10-16-13/h1-10H,11H2. The van der Waals surface area contributed by atoms with Crippen molar-refractivity contribution in [3.8, 4) is 0 Å². The van der Waals surface area contributed by atoms with E-state index in [1.807, 2.05) is 60.0 Å². The van der Waals surface area contributed by atoms with Gasteiger partial charge in [-0.3, -0.25) is 0 Å². The Morgan fingerprint density at radius 2 is 1.88 bits per heavy atom. The minimum Gasteiger partial charge on any atom is -0.183 e. The van der Waals surface area contributed by atoms with E-state index in [4.69, 9.17) is 0 Å². The second kappa shape index (κ2) is 6.08. The van der Waals surface area contributed by atoms with Gasteiger partial charge in [-0.15, -0.1) is 5.11 Å². The van der Waals surface area contributed by atoms with Crippen molar-refractivity contribution >= 4 is 11.8 Å². The molecule has 0 aromatic heterocycles. The highest BCUT2D eigenvalue weighted by Gasteiger charge is 1.93. The quantitative estimate of drug-likeness (QED) is 0.708. The molecule has 16 heavy (non-hydrogen) atoms. The summed E-state index contributed by atoms with van der Waals surface area (Å²) < 4.78 is 0. The van der Waals surface area contributed by atoms with Crippen molar-refractivity contribution in [2.75, 3.05) is 0 Å². The van der Waals surface area contributed by atoms with Crippen LogP contribution in [0.4, 0.5) is 0 Å². The number of thioether (sulfide) groups is 1. The maximum atomic E-state index is 4.19. The van der Waals surface area contributed by atoms with Crippen LogP contribution >= 0.6 is 11.8 Å². The topological polar surface area (TPSA) is 24.7 Å². The summed E-state index contributed by atoms with van der Waals surface area (Å²) in [7, 11) is 0. The summed E-state index contributed by atoms with van der Waals surface area (Å²) in [5, 5.41) is 11.3. The van der Waals surface area contributed by atoms with E-state index in [9.17, 15) is 0 Å². The number of allylic oxidation sites excluding steroid dienone is 4. The van der Waals surface area contributed by atoms with E-state index in [1.54, 1.807) is 11.8 Å². The van der Waals surface area contributed by atoms with Crippen molar-refractivity contribution in [1.29, 1.82) is 0 Å². The van der Waals surface area contributed by atoms with Crippen LogP contribution in [0.15, 0.2) is 75.3 Å². The number of azo groups is 1. The maximum absolute atomic E-state index is 4.19. The zero-order chi connectivity index (χ0) is 11.1. The fourth-order valence-corrected chi connectivity index (χ4v) is 1.79. The van der Waals surface area contributed by atoms with Gasteiger partial charge < -0.3 is 0 Å². The molecule has 1 aromatic rings. The third-order valence-electron chi connectivity index (χ3n) is 1.99. The fraction of sp³-hybridized carbons (Fsp3) is 0.0769. The minimum absolute atomic E-state index is 0.631. The smallest absolute Gasteiger partial charge is 0.122 e. The monoisotopic (exact) mass is 228 g/mol. The average molecular weight is 228 g/mol. The molecule has 2 rings (SSSR count). The van der Waals surface area contributed by atoms with Gasteiger partial charge in [-0.2, -0.15) is 5.11 Å². The van der Waals surface area contributed by atoms with Gasteiger partial charge in [-0.1, -0.05) is 60.3 Å². The molecular formula is C13H12N2S. The molecule has 0 amide bonds. The molecule has 3 heteroatoms. The second-order valence-corrected chi connectivity index (χ2v) is 4.15. The van der Waals surface area contributed by atoms with E-state index < -0.39 is 0 Å². The van der Waals surface area contributed by atoms with E-state index >= 15 is 0 Å². The van der Waals surface area contributed by atoms with Crippen LogP contribution in [-0.2, 0) is 6.54 Å². The summed E-state index contributed by atoms with van der Waals surface area (Å²) in [4.78, 5) is 0. The van der Waals surface area contributed by atoms with E-state index in [-0.39, 0.29) is 0 Å². The number of hydrogen-bond acceptors (Lipinski definition) is 3. The third-order valence-corrected chi connectivity index (χ3v) is 2.75. The van der Waals surface area contributed by atoms with Crippen molar-refractivity contribution in [1.82, 2.24) is 0 Å². The number of rotatable bonds is 3. The van der Waals surface area contributed by atoms with Gasteiger partial charge in [-0.05, 0) is 17.0 Å². The highest BCUT2D eigenvalue weighted by Crippen LogP contribution is 2.21. The molecule has 0 radical (unpaired) electrons. The molecule has 0 atom stereocenters. The van der Waals surface area contributed by atoms with Crippen molar-refractivity contribution in [2.45, 2.75) is 6.54 Å². The van der Waals surface area contributed by atoms with Gasteiger partial charge in [0, 0.05) is 0 Å². The van der Waals surface area contributed by atoms with Gasteiger partial charge in [0.15, 0.2) is 0 Å². The fourth-order valence-electron chi connectivity index (χ4n) is 1.22.